The normalized spacial score (nSPS) is 17.9. The van der Waals surface area contributed by atoms with Gasteiger partial charge in [0.05, 0.1) is 12.1 Å². The second-order valence-electron chi connectivity index (χ2n) is 8.34. The number of aliphatic hydroxyl groups excluding tert-OH is 1. The number of benzene rings is 1. The van der Waals surface area contributed by atoms with Gasteiger partial charge >= 0.3 is 5.97 Å². The van der Waals surface area contributed by atoms with E-state index in [4.69, 9.17) is 21.3 Å². The van der Waals surface area contributed by atoms with Crippen LogP contribution in [0.3, 0.4) is 0 Å². The molecule has 10 N–H and O–H groups in total. The summed E-state index contributed by atoms with van der Waals surface area (Å²) in [5.41, 5.74) is 13.3. The SMILES string of the molecule is Cc1c(C(O)C(NC(=O)CCNC(=O)C(N)CC2=CCNC2C(=N)N)C(=O)O)oc2ccccc12. The van der Waals surface area contributed by atoms with Crippen LogP contribution in [0.2, 0.25) is 0 Å². The average molecular weight is 487 g/mol. The quantitative estimate of drug-likeness (QED) is 0.115. The van der Waals surface area contributed by atoms with E-state index in [9.17, 15) is 24.6 Å². The van der Waals surface area contributed by atoms with Crippen LogP contribution in [0.1, 0.15) is 30.3 Å². The second-order valence-corrected chi connectivity index (χ2v) is 8.34. The smallest absolute Gasteiger partial charge is 0.329 e. The van der Waals surface area contributed by atoms with E-state index < -0.39 is 42.0 Å². The molecule has 4 atom stereocenters. The lowest BCUT2D eigenvalue weighted by Crippen LogP contribution is -2.47. The summed E-state index contributed by atoms with van der Waals surface area (Å²) < 4.78 is 5.62. The number of carboxylic acid groups (broad SMARTS) is 1. The Morgan fingerprint density at radius 3 is 2.69 bits per heavy atom. The predicted molar refractivity (Wildman–Crippen MR) is 127 cm³/mol. The van der Waals surface area contributed by atoms with Crippen LogP contribution in [0.5, 0.6) is 0 Å². The van der Waals surface area contributed by atoms with Gasteiger partial charge in [-0.25, -0.2) is 4.79 Å². The van der Waals surface area contributed by atoms with Gasteiger partial charge in [-0.2, -0.15) is 0 Å². The van der Waals surface area contributed by atoms with Gasteiger partial charge in [0.2, 0.25) is 11.8 Å². The Kier molecular flexibility index (Phi) is 8.22. The Hall–Kier alpha value is -3.74. The van der Waals surface area contributed by atoms with E-state index in [2.05, 4.69) is 16.0 Å². The standard InChI is InChI=1S/C23H30N6O6/c1-11-13-4-2-3-5-15(13)35-20(11)19(31)18(23(33)34)29-16(30)7-9-28-22(32)14(24)10-12-6-8-27-17(12)21(25)26/h2-6,14,17-19,27,31H,7-10,24H2,1H3,(H3,25,26)(H,28,32)(H,29,30)(H,33,34). The van der Waals surface area contributed by atoms with Crippen LogP contribution < -0.4 is 27.4 Å². The van der Waals surface area contributed by atoms with Crippen molar-refractivity contribution in [1.82, 2.24) is 16.0 Å². The number of para-hydroxylation sites is 1. The first-order valence-electron chi connectivity index (χ1n) is 11.1. The van der Waals surface area contributed by atoms with Gasteiger partial charge in [0, 0.05) is 30.5 Å². The fourth-order valence-corrected chi connectivity index (χ4v) is 3.99. The number of aliphatic carboxylic acids is 1. The van der Waals surface area contributed by atoms with Crippen molar-refractivity contribution in [1.29, 1.82) is 5.41 Å². The number of hydrogen-bond acceptors (Lipinski definition) is 8. The fraction of sp³-hybridized carbons (Fsp3) is 0.391. The number of carboxylic acids is 1. The number of carbonyl (C=O) groups is 3. The summed E-state index contributed by atoms with van der Waals surface area (Å²) in [6, 6.07) is 4.02. The maximum atomic E-state index is 12.3. The highest BCUT2D eigenvalue weighted by Gasteiger charge is 2.33. The molecule has 0 aliphatic carbocycles. The third kappa shape index (κ3) is 6.04. The molecule has 2 heterocycles. The number of nitrogens with two attached hydrogens (primary N) is 2. The van der Waals surface area contributed by atoms with E-state index in [0.29, 0.717) is 17.7 Å². The first-order chi connectivity index (χ1) is 16.6. The van der Waals surface area contributed by atoms with Crippen LogP contribution in [0.4, 0.5) is 0 Å². The van der Waals surface area contributed by atoms with Gasteiger partial charge in [0.25, 0.3) is 0 Å². The summed E-state index contributed by atoms with van der Waals surface area (Å²) in [4.78, 5) is 36.4. The van der Waals surface area contributed by atoms with E-state index in [-0.39, 0.29) is 31.0 Å². The lowest BCUT2D eigenvalue weighted by atomic mass is 10.0. The fourth-order valence-electron chi connectivity index (χ4n) is 3.99. The molecule has 0 bridgehead atoms. The molecule has 0 spiro atoms. The van der Waals surface area contributed by atoms with Crippen LogP contribution in [-0.2, 0) is 14.4 Å². The van der Waals surface area contributed by atoms with Crippen molar-refractivity contribution in [2.45, 2.75) is 44.0 Å². The minimum atomic E-state index is -1.65. The molecular weight excluding hydrogens is 456 g/mol. The molecule has 3 rings (SSSR count). The van der Waals surface area contributed by atoms with Gasteiger partial charge in [-0.1, -0.05) is 24.3 Å². The number of nitrogens with one attached hydrogen (secondary N) is 4. The molecule has 0 saturated carbocycles. The largest absolute Gasteiger partial charge is 0.480 e. The zero-order chi connectivity index (χ0) is 25.7. The number of furan rings is 1. The molecule has 4 unspecified atom stereocenters. The zero-order valence-electron chi connectivity index (χ0n) is 19.2. The number of aliphatic hydroxyl groups is 1. The predicted octanol–water partition coefficient (Wildman–Crippen LogP) is -0.598. The number of amidine groups is 1. The first kappa shape index (κ1) is 25.9. The van der Waals surface area contributed by atoms with Crippen LogP contribution >= 0.6 is 0 Å². The summed E-state index contributed by atoms with van der Waals surface area (Å²) in [7, 11) is 0. The minimum Gasteiger partial charge on any atom is -0.480 e. The third-order valence-corrected chi connectivity index (χ3v) is 5.86. The van der Waals surface area contributed by atoms with Gasteiger partial charge in [0.15, 0.2) is 6.04 Å². The summed E-state index contributed by atoms with van der Waals surface area (Å²) in [6.45, 7) is 2.14. The number of aryl methyl sites for hydroxylation is 1. The first-order valence-corrected chi connectivity index (χ1v) is 11.1. The van der Waals surface area contributed by atoms with Crippen LogP contribution in [0.25, 0.3) is 11.0 Å². The Labute approximate surface area is 201 Å². The lowest BCUT2D eigenvalue weighted by Gasteiger charge is -2.20. The van der Waals surface area contributed by atoms with Gasteiger partial charge in [-0.15, -0.1) is 0 Å². The van der Waals surface area contributed by atoms with Crippen molar-refractivity contribution in [2.75, 3.05) is 13.1 Å². The lowest BCUT2D eigenvalue weighted by molar-refractivity contribution is -0.145. The van der Waals surface area contributed by atoms with Gasteiger partial charge in [0.1, 0.15) is 23.3 Å². The van der Waals surface area contributed by atoms with E-state index in [1.54, 1.807) is 31.2 Å². The summed E-state index contributed by atoms with van der Waals surface area (Å²) in [6.07, 6.45) is 0.177. The number of hydrogen-bond donors (Lipinski definition) is 8. The zero-order valence-corrected chi connectivity index (χ0v) is 19.2. The number of rotatable bonds is 11. The molecule has 12 heteroatoms. The van der Waals surface area contributed by atoms with Crippen molar-refractivity contribution in [3.05, 3.63) is 47.2 Å². The molecule has 0 saturated heterocycles. The molecule has 1 aliphatic heterocycles. The molecule has 35 heavy (non-hydrogen) atoms. The Morgan fingerprint density at radius 1 is 1.31 bits per heavy atom. The van der Waals surface area contributed by atoms with Crippen LogP contribution in [0.15, 0.2) is 40.3 Å². The molecule has 2 aromatic rings. The van der Waals surface area contributed by atoms with E-state index in [1.807, 2.05) is 6.08 Å². The highest BCUT2D eigenvalue weighted by molar-refractivity contribution is 5.88. The van der Waals surface area contributed by atoms with Crippen molar-refractivity contribution < 1.29 is 29.0 Å². The van der Waals surface area contributed by atoms with Gasteiger partial charge < -0.3 is 42.0 Å². The topological polar surface area (TPSA) is 217 Å². The van der Waals surface area contributed by atoms with E-state index >= 15 is 0 Å². The monoisotopic (exact) mass is 486 g/mol. The molecule has 1 aliphatic rings. The van der Waals surface area contributed by atoms with Crippen LogP contribution in [0, 0.1) is 12.3 Å². The molecule has 1 aromatic heterocycles. The van der Waals surface area contributed by atoms with Crippen molar-refractivity contribution in [3.8, 4) is 0 Å². The minimum absolute atomic E-state index is 0.0535. The highest BCUT2D eigenvalue weighted by Crippen LogP contribution is 2.31. The molecule has 0 radical (unpaired) electrons. The van der Waals surface area contributed by atoms with E-state index in [1.165, 1.54) is 0 Å². The Balaban J connectivity index is 1.52. The summed E-state index contributed by atoms with van der Waals surface area (Å²) >= 11 is 0. The third-order valence-electron chi connectivity index (χ3n) is 5.86. The molecule has 1 aromatic carbocycles. The Morgan fingerprint density at radius 2 is 2.03 bits per heavy atom. The maximum absolute atomic E-state index is 12.3. The summed E-state index contributed by atoms with van der Waals surface area (Å²) in [5.74, 6) is -2.63. The number of amides is 2. The van der Waals surface area contributed by atoms with Crippen LogP contribution in [-0.4, -0.2) is 65.0 Å². The molecule has 2 amide bonds. The van der Waals surface area contributed by atoms with Crippen molar-refractivity contribution >= 4 is 34.6 Å². The highest BCUT2D eigenvalue weighted by atomic mass is 16.4. The number of fused-ring (bicyclic) bond motifs is 1. The summed E-state index contributed by atoms with van der Waals surface area (Å²) in [5, 5.41) is 36.3. The number of carbonyl (C=O) groups excluding carboxylic acids is 2. The molecular formula is C23H30N6O6. The maximum Gasteiger partial charge on any atom is 0.329 e. The Bertz CT molecular complexity index is 1160. The molecule has 12 nitrogen and oxygen atoms in total. The van der Waals surface area contributed by atoms with E-state index in [0.717, 1.165) is 11.0 Å². The second kappa shape index (κ2) is 11.1. The average Bonchev–Trinajstić information content (AvgIpc) is 3.41. The van der Waals surface area contributed by atoms with Gasteiger partial charge in [-0.3, -0.25) is 15.0 Å². The van der Waals surface area contributed by atoms with Crippen molar-refractivity contribution in [2.24, 2.45) is 11.5 Å². The molecule has 188 valence electrons. The van der Waals surface area contributed by atoms with Crippen molar-refractivity contribution in [3.63, 3.8) is 0 Å². The van der Waals surface area contributed by atoms with Gasteiger partial charge in [-0.05, 0) is 25.0 Å². The molecule has 0 fully saturated rings.